The molecule has 0 fully saturated rings. The number of rotatable bonds is 9. The van der Waals surface area contributed by atoms with E-state index in [0.29, 0.717) is 13.0 Å². The number of amides is 1. The Morgan fingerprint density at radius 1 is 1.21 bits per heavy atom. The first kappa shape index (κ1) is 22.6. The van der Waals surface area contributed by atoms with E-state index >= 15 is 0 Å². The van der Waals surface area contributed by atoms with E-state index in [1.54, 1.807) is 13.4 Å². The van der Waals surface area contributed by atoms with Gasteiger partial charge in [-0.3, -0.25) is 4.79 Å². The first-order valence-electron chi connectivity index (χ1n) is 11.3. The lowest BCUT2D eigenvalue weighted by molar-refractivity contribution is -0.122. The Balaban J connectivity index is 1.52. The van der Waals surface area contributed by atoms with Crippen LogP contribution in [0.25, 0.3) is 22.3 Å². The highest BCUT2D eigenvalue weighted by molar-refractivity contribution is 5.95. The summed E-state index contributed by atoms with van der Waals surface area (Å²) in [6.45, 7) is 6.49. The smallest absolute Gasteiger partial charge is 0.222 e. The van der Waals surface area contributed by atoms with E-state index in [1.165, 1.54) is 0 Å². The van der Waals surface area contributed by atoms with Gasteiger partial charge in [0.25, 0.3) is 0 Å². The number of furan rings is 1. The lowest BCUT2D eigenvalue weighted by Gasteiger charge is -2.13. The molecule has 1 atom stereocenters. The standard InChI is InChI=1S/C26H30N4O3/c1-17-16-19(3)28-26-24(17)25(21-9-5-6-10-22(21)32-4)29-30(26)14-13-23(31)27-18(2)11-12-20-8-7-15-33-20/h5-10,15-16,18H,11-14H2,1-4H3,(H,27,31)/t18-/m1/s1. The zero-order valence-electron chi connectivity index (χ0n) is 19.6. The molecule has 0 aliphatic carbocycles. The molecule has 1 aromatic carbocycles. The molecular formula is C26H30N4O3. The normalized spacial score (nSPS) is 12.1. The molecule has 4 aromatic rings. The van der Waals surface area contributed by atoms with Crippen molar-refractivity contribution < 1.29 is 13.9 Å². The predicted octanol–water partition coefficient (Wildman–Crippen LogP) is 4.84. The van der Waals surface area contributed by atoms with E-state index in [0.717, 1.165) is 57.9 Å². The number of hydrogen-bond acceptors (Lipinski definition) is 5. The summed E-state index contributed by atoms with van der Waals surface area (Å²) >= 11 is 0. The maximum atomic E-state index is 12.6. The Morgan fingerprint density at radius 2 is 2.03 bits per heavy atom. The van der Waals surface area contributed by atoms with Gasteiger partial charge in [0.2, 0.25) is 5.91 Å². The van der Waals surface area contributed by atoms with Crippen molar-refractivity contribution in [3.63, 3.8) is 0 Å². The number of benzene rings is 1. The van der Waals surface area contributed by atoms with Crippen molar-refractivity contribution in [3.8, 4) is 17.0 Å². The van der Waals surface area contributed by atoms with Crippen LogP contribution in [0.3, 0.4) is 0 Å². The molecule has 172 valence electrons. The lowest BCUT2D eigenvalue weighted by atomic mass is 10.0. The fourth-order valence-corrected chi connectivity index (χ4v) is 4.14. The topological polar surface area (TPSA) is 82.2 Å². The van der Waals surface area contributed by atoms with Gasteiger partial charge in [-0.1, -0.05) is 12.1 Å². The molecule has 0 unspecified atom stereocenters. The van der Waals surface area contributed by atoms with Crippen LogP contribution in [-0.2, 0) is 17.8 Å². The number of ether oxygens (including phenoxy) is 1. The summed E-state index contributed by atoms with van der Waals surface area (Å²) in [5, 5.41) is 8.93. The average molecular weight is 447 g/mol. The zero-order valence-corrected chi connectivity index (χ0v) is 19.6. The maximum absolute atomic E-state index is 12.6. The second kappa shape index (κ2) is 9.90. The molecule has 0 saturated heterocycles. The van der Waals surface area contributed by atoms with Gasteiger partial charge in [-0.05, 0) is 63.1 Å². The third-order valence-corrected chi connectivity index (χ3v) is 5.75. The molecule has 7 heteroatoms. The van der Waals surface area contributed by atoms with Crippen molar-refractivity contribution in [2.75, 3.05) is 7.11 Å². The Hall–Kier alpha value is -3.61. The van der Waals surface area contributed by atoms with E-state index in [1.807, 2.05) is 54.9 Å². The molecule has 0 aliphatic heterocycles. The molecule has 0 bridgehead atoms. The minimum absolute atomic E-state index is 0.00573. The second-order valence-corrected chi connectivity index (χ2v) is 8.39. The van der Waals surface area contributed by atoms with Gasteiger partial charge in [-0.25, -0.2) is 9.67 Å². The molecule has 7 nitrogen and oxygen atoms in total. The second-order valence-electron chi connectivity index (χ2n) is 8.39. The summed E-state index contributed by atoms with van der Waals surface area (Å²) in [7, 11) is 1.66. The Kier molecular flexibility index (Phi) is 6.77. The Morgan fingerprint density at radius 3 is 2.79 bits per heavy atom. The van der Waals surface area contributed by atoms with Crippen LogP contribution >= 0.6 is 0 Å². The minimum Gasteiger partial charge on any atom is -0.496 e. The van der Waals surface area contributed by atoms with E-state index < -0.39 is 0 Å². The summed E-state index contributed by atoms with van der Waals surface area (Å²) < 4.78 is 12.8. The van der Waals surface area contributed by atoms with Crippen LogP contribution in [0.15, 0.2) is 53.1 Å². The van der Waals surface area contributed by atoms with Gasteiger partial charge >= 0.3 is 0 Å². The van der Waals surface area contributed by atoms with Crippen LogP contribution in [0.1, 0.15) is 36.8 Å². The van der Waals surface area contributed by atoms with Crippen LogP contribution in [0.4, 0.5) is 0 Å². The average Bonchev–Trinajstić information content (AvgIpc) is 3.44. The zero-order chi connectivity index (χ0) is 23.4. The summed E-state index contributed by atoms with van der Waals surface area (Å²) in [5.74, 6) is 1.68. The van der Waals surface area contributed by atoms with Gasteiger partial charge < -0.3 is 14.5 Å². The molecule has 3 heterocycles. The van der Waals surface area contributed by atoms with Crippen LogP contribution < -0.4 is 10.1 Å². The van der Waals surface area contributed by atoms with Crippen LogP contribution in [-0.4, -0.2) is 33.8 Å². The summed E-state index contributed by atoms with van der Waals surface area (Å²) in [4.78, 5) is 17.4. The number of pyridine rings is 1. The quantitative estimate of drug-likeness (QED) is 0.398. The Bertz CT molecular complexity index is 1240. The third-order valence-electron chi connectivity index (χ3n) is 5.75. The van der Waals surface area contributed by atoms with Gasteiger partial charge in [-0.2, -0.15) is 5.10 Å². The highest BCUT2D eigenvalue weighted by atomic mass is 16.5. The number of aryl methyl sites for hydroxylation is 4. The monoisotopic (exact) mass is 446 g/mol. The first-order chi connectivity index (χ1) is 16.0. The van der Waals surface area contributed by atoms with Crippen molar-refractivity contribution in [1.29, 1.82) is 0 Å². The molecule has 1 N–H and O–H groups in total. The number of fused-ring (bicyclic) bond motifs is 1. The number of methoxy groups -OCH3 is 1. The fourth-order valence-electron chi connectivity index (χ4n) is 4.14. The molecule has 0 radical (unpaired) electrons. The number of carbonyl (C=O) groups excluding carboxylic acids is 1. The number of nitrogens with one attached hydrogen (secondary N) is 1. The van der Waals surface area contributed by atoms with Crippen molar-refractivity contribution in [2.24, 2.45) is 0 Å². The van der Waals surface area contributed by atoms with E-state index in [-0.39, 0.29) is 11.9 Å². The third kappa shape index (κ3) is 5.08. The maximum Gasteiger partial charge on any atom is 0.222 e. The molecule has 3 aromatic heterocycles. The van der Waals surface area contributed by atoms with E-state index in [4.69, 9.17) is 19.2 Å². The summed E-state index contributed by atoms with van der Waals surface area (Å²) in [6.07, 6.45) is 3.61. The van der Waals surface area contributed by atoms with Crippen molar-refractivity contribution >= 4 is 16.9 Å². The SMILES string of the molecule is COc1ccccc1-c1nn(CCC(=O)N[C@H](C)CCc2ccco2)c2nc(C)cc(C)c12. The van der Waals surface area contributed by atoms with Crippen molar-refractivity contribution in [1.82, 2.24) is 20.1 Å². The highest BCUT2D eigenvalue weighted by Crippen LogP contribution is 2.35. The van der Waals surface area contributed by atoms with Gasteiger partial charge in [0.15, 0.2) is 5.65 Å². The fraction of sp³-hybridized carbons (Fsp3) is 0.346. The summed E-state index contributed by atoms with van der Waals surface area (Å²) in [6, 6.07) is 13.8. The number of hydrogen-bond donors (Lipinski definition) is 1. The Labute approximate surface area is 193 Å². The van der Waals surface area contributed by atoms with E-state index in [9.17, 15) is 4.79 Å². The number of para-hydroxylation sites is 1. The number of carbonyl (C=O) groups is 1. The number of aromatic nitrogens is 3. The van der Waals surface area contributed by atoms with Crippen LogP contribution in [0, 0.1) is 13.8 Å². The minimum atomic E-state index is -0.00573. The predicted molar refractivity (Wildman–Crippen MR) is 128 cm³/mol. The van der Waals surface area contributed by atoms with E-state index in [2.05, 4.69) is 18.3 Å². The van der Waals surface area contributed by atoms with Crippen LogP contribution in [0.5, 0.6) is 5.75 Å². The lowest BCUT2D eigenvalue weighted by Crippen LogP contribution is -2.33. The number of nitrogens with zero attached hydrogens (tertiary/aromatic N) is 3. The molecule has 33 heavy (non-hydrogen) atoms. The van der Waals surface area contributed by atoms with Crippen molar-refractivity contribution in [3.05, 3.63) is 65.7 Å². The molecule has 0 saturated carbocycles. The largest absolute Gasteiger partial charge is 0.496 e. The molecule has 0 spiro atoms. The van der Waals surface area contributed by atoms with Gasteiger partial charge in [-0.15, -0.1) is 0 Å². The summed E-state index contributed by atoms with van der Waals surface area (Å²) in [5.41, 5.74) is 4.53. The van der Waals surface area contributed by atoms with Gasteiger partial charge in [0, 0.05) is 30.1 Å². The van der Waals surface area contributed by atoms with Gasteiger partial charge in [0.05, 0.1) is 25.3 Å². The van der Waals surface area contributed by atoms with Crippen molar-refractivity contribution in [2.45, 2.75) is 52.6 Å². The molecule has 0 aliphatic rings. The molecule has 4 rings (SSSR count). The first-order valence-corrected chi connectivity index (χ1v) is 11.3. The van der Waals surface area contributed by atoms with Crippen LogP contribution in [0.2, 0.25) is 0 Å². The highest BCUT2D eigenvalue weighted by Gasteiger charge is 2.19. The molecule has 1 amide bonds. The molecular weight excluding hydrogens is 416 g/mol. The van der Waals surface area contributed by atoms with Gasteiger partial charge in [0.1, 0.15) is 17.2 Å².